The fourth-order valence-corrected chi connectivity index (χ4v) is 10.9. The number of hydrogen-bond acceptors (Lipinski definition) is 6. The van der Waals surface area contributed by atoms with Gasteiger partial charge in [-0.25, -0.2) is 0 Å². The predicted molar refractivity (Wildman–Crippen MR) is 340 cm³/mol. The third kappa shape index (κ3) is 64.7. The van der Waals surface area contributed by atoms with Gasteiger partial charge >= 0.3 is 17.9 Å². The van der Waals surface area contributed by atoms with E-state index >= 15 is 0 Å². The SMILES string of the molecule is CCC/C=C\C/C=C\CCCCCCCC(=O)OCC(COC(=O)CCCCCCCCCCCCCCCCCCCCCCCCCCCCCC)OC(=O)CCCCCCCCCCCCCCCCCCCCC. The van der Waals surface area contributed by atoms with Crippen LogP contribution in [0.25, 0.3) is 0 Å². The van der Waals surface area contributed by atoms with Crippen molar-refractivity contribution >= 4 is 17.9 Å². The molecule has 0 heterocycles. The first-order chi connectivity index (χ1) is 38.5. The Morgan fingerprint density at radius 3 is 0.756 bits per heavy atom. The van der Waals surface area contributed by atoms with Crippen LogP contribution in [-0.2, 0) is 28.6 Å². The molecule has 78 heavy (non-hydrogen) atoms. The van der Waals surface area contributed by atoms with E-state index in [0.29, 0.717) is 19.3 Å². The van der Waals surface area contributed by atoms with Gasteiger partial charge in [-0.15, -0.1) is 0 Å². The summed E-state index contributed by atoms with van der Waals surface area (Å²) in [6.45, 7) is 6.65. The van der Waals surface area contributed by atoms with Crippen LogP contribution in [0.3, 0.4) is 0 Å². The Hall–Kier alpha value is -2.11. The number of hydrogen-bond donors (Lipinski definition) is 0. The van der Waals surface area contributed by atoms with Crippen LogP contribution in [0, 0.1) is 0 Å². The third-order valence-electron chi connectivity index (χ3n) is 16.2. The van der Waals surface area contributed by atoms with Gasteiger partial charge in [-0.1, -0.05) is 360 Å². The Morgan fingerprint density at radius 1 is 0.256 bits per heavy atom. The van der Waals surface area contributed by atoms with Crippen molar-refractivity contribution in [2.24, 2.45) is 0 Å². The van der Waals surface area contributed by atoms with Crippen molar-refractivity contribution < 1.29 is 28.6 Å². The monoisotopic (exact) mass is 1100 g/mol. The molecular formula is C72H136O6. The summed E-state index contributed by atoms with van der Waals surface area (Å²) >= 11 is 0. The molecule has 0 aliphatic rings. The summed E-state index contributed by atoms with van der Waals surface area (Å²) in [6, 6.07) is 0. The molecule has 0 aromatic heterocycles. The summed E-state index contributed by atoms with van der Waals surface area (Å²) in [4.78, 5) is 38.4. The topological polar surface area (TPSA) is 78.9 Å². The minimum atomic E-state index is -0.774. The van der Waals surface area contributed by atoms with Gasteiger partial charge in [0.05, 0.1) is 0 Å². The molecule has 0 saturated carbocycles. The lowest BCUT2D eigenvalue weighted by atomic mass is 10.0. The average molecular weight is 1100 g/mol. The molecule has 0 aromatic carbocycles. The molecule has 1 atom stereocenters. The van der Waals surface area contributed by atoms with Crippen LogP contribution in [0.1, 0.15) is 400 Å². The molecule has 0 aromatic rings. The molecule has 6 nitrogen and oxygen atoms in total. The van der Waals surface area contributed by atoms with Gasteiger partial charge in [0, 0.05) is 19.3 Å². The second-order valence-electron chi connectivity index (χ2n) is 24.2. The predicted octanol–water partition coefficient (Wildman–Crippen LogP) is 24.2. The maximum Gasteiger partial charge on any atom is 0.306 e. The van der Waals surface area contributed by atoms with E-state index in [1.807, 2.05) is 0 Å². The van der Waals surface area contributed by atoms with Crippen LogP contribution in [0.15, 0.2) is 24.3 Å². The molecule has 0 rings (SSSR count). The summed E-state index contributed by atoms with van der Waals surface area (Å²) < 4.78 is 17.0. The molecule has 0 spiro atoms. The fraction of sp³-hybridized carbons (Fsp3) is 0.903. The summed E-state index contributed by atoms with van der Waals surface area (Å²) in [5, 5.41) is 0. The number of carbonyl (C=O) groups is 3. The highest BCUT2D eigenvalue weighted by atomic mass is 16.6. The quantitative estimate of drug-likeness (QED) is 0.0261. The molecule has 0 fully saturated rings. The van der Waals surface area contributed by atoms with Gasteiger partial charge in [-0.2, -0.15) is 0 Å². The highest BCUT2D eigenvalue weighted by Gasteiger charge is 2.19. The Labute approximate surface area is 487 Å². The fourth-order valence-electron chi connectivity index (χ4n) is 10.9. The standard InChI is InChI=1S/C72H136O6/c1-4-7-10-13-16-19-22-25-27-29-31-32-33-34-35-36-37-38-39-41-42-44-47-50-53-56-59-62-65-71(74)77-68-69(67-76-70(73)64-61-58-55-52-49-46-24-21-18-15-12-9-6-3)78-72(75)66-63-60-57-54-51-48-45-43-40-30-28-26-23-20-17-14-11-8-5-2/h12,15,21,24,69H,4-11,13-14,16-20,22-23,25-68H2,1-3H3/b15-12-,24-21-. The molecule has 0 bridgehead atoms. The van der Waals surface area contributed by atoms with Gasteiger partial charge in [0.1, 0.15) is 13.2 Å². The number of ether oxygens (including phenoxy) is 3. The highest BCUT2D eigenvalue weighted by Crippen LogP contribution is 2.19. The van der Waals surface area contributed by atoms with Crippen LogP contribution < -0.4 is 0 Å². The van der Waals surface area contributed by atoms with Crippen LogP contribution >= 0.6 is 0 Å². The minimum absolute atomic E-state index is 0.0694. The zero-order valence-electron chi connectivity index (χ0n) is 53.0. The highest BCUT2D eigenvalue weighted by molar-refractivity contribution is 5.71. The molecule has 1 unspecified atom stereocenters. The van der Waals surface area contributed by atoms with Crippen molar-refractivity contribution in [3.63, 3.8) is 0 Å². The molecular weight excluding hydrogens is 961 g/mol. The zero-order valence-corrected chi connectivity index (χ0v) is 53.0. The van der Waals surface area contributed by atoms with Gasteiger partial charge in [0.2, 0.25) is 0 Å². The van der Waals surface area contributed by atoms with E-state index in [2.05, 4.69) is 45.1 Å². The summed E-state index contributed by atoms with van der Waals surface area (Å²) in [5.41, 5.74) is 0. The second-order valence-corrected chi connectivity index (χ2v) is 24.2. The summed E-state index contributed by atoms with van der Waals surface area (Å²) in [6.07, 6.45) is 82.2. The van der Waals surface area contributed by atoms with E-state index in [4.69, 9.17) is 14.2 Å². The molecule has 0 amide bonds. The van der Waals surface area contributed by atoms with Gasteiger partial charge in [-0.05, 0) is 44.9 Å². The molecule has 460 valence electrons. The van der Waals surface area contributed by atoms with Crippen molar-refractivity contribution in [3.8, 4) is 0 Å². The number of carbonyl (C=O) groups excluding carboxylic acids is 3. The second kappa shape index (κ2) is 67.4. The molecule has 6 heteroatoms. The third-order valence-corrected chi connectivity index (χ3v) is 16.2. The van der Waals surface area contributed by atoms with E-state index in [0.717, 1.165) is 83.5 Å². The van der Waals surface area contributed by atoms with Crippen LogP contribution in [0.2, 0.25) is 0 Å². The Balaban J connectivity index is 4.17. The first kappa shape index (κ1) is 75.9. The van der Waals surface area contributed by atoms with E-state index in [1.54, 1.807) is 0 Å². The largest absolute Gasteiger partial charge is 0.462 e. The van der Waals surface area contributed by atoms with Crippen LogP contribution in [0.4, 0.5) is 0 Å². The van der Waals surface area contributed by atoms with Crippen molar-refractivity contribution in [1.82, 2.24) is 0 Å². The van der Waals surface area contributed by atoms with Gasteiger partial charge < -0.3 is 14.2 Å². The summed E-state index contributed by atoms with van der Waals surface area (Å²) in [5.74, 6) is -0.853. The Bertz CT molecular complexity index is 1260. The Kier molecular flexibility index (Phi) is 65.6. The smallest absolute Gasteiger partial charge is 0.306 e. The van der Waals surface area contributed by atoms with Gasteiger partial charge in [0.25, 0.3) is 0 Å². The molecule has 0 aliphatic heterocycles. The lowest BCUT2D eigenvalue weighted by Gasteiger charge is -2.18. The Morgan fingerprint density at radius 2 is 0.487 bits per heavy atom. The van der Waals surface area contributed by atoms with E-state index in [-0.39, 0.29) is 31.1 Å². The number of esters is 3. The van der Waals surface area contributed by atoms with E-state index in [9.17, 15) is 14.4 Å². The number of allylic oxidation sites excluding steroid dienone is 4. The van der Waals surface area contributed by atoms with Gasteiger partial charge in [0.15, 0.2) is 6.10 Å². The lowest BCUT2D eigenvalue weighted by Crippen LogP contribution is -2.30. The van der Waals surface area contributed by atoms with Gasteiger partial charge in [-0.3, -0.25) is 14.4 Å². The molecule has 0 aliphatic carbocycles. The van der Waals surface area contributed by atoms with Crippen molar-refractivity contribution in [3.05, 3.63) is 24.3 Å². The lowest BCUT2D eigenvalue weighted by molar-refractivity contribution is -0.167. The normalized spacial score (nSPS) is 12.1. The zero-order chi connectivity index (χ0) is 56.4. The molecule has 0 N–H and O–H groups in total. The van der Waals surface area contributed by atoms with Crippen LogP contribution in [-0.4, -0.2) is 37.2 Å². The van der Waals surface area contributed by atoms with Crippen molar-refractivity contribution in [2.75, 3.05) is 13.2 Å². The maximum absolute atomic E-state index is 12.9. The average Bonchev–Trinajstić information content (AvgIpc) is 3.44. The molecule has 0 saturated heterocycles. The number of unbranched alkanes of at least 4 members (excludes halogenated alkanes) is 51. The maximum atomic E-state index is 12.9. The minimum Gasteiger partial charge on any atom is -0.462 e. The number of rotatable bonds is 66. The van der Waals surface area contributed by atoms with E-state index in [1.165, 1.54) is 276 Å². The van der Waals surface area contributed by atoms with Crippen molar-refractivity contribution in [1.29, 1.82) is 0 Å². The molecule has 0 radical (unpaired) electrons. The first-order valence-corrected chi connectivity index (χ1v) is 35.3. The first-order valence-electron chi connectivity index (χ1n) is 35.3. The van der Waals surface area contributed by atoms with Crippen LogP contribution in [0.5, 0.6) is 0 Å². The van der Waals surface area contributed by atoms with Crippen molar-refractivity contribution in [2.45, 2.75) is 406 Å². The van der Waals surface area contributed by atoms with E-state index < -0.39 is 6.10 Å². The summed E-state index contributed by atoms with van der Waals surface area (Å²) in [7, 11) is 0.